The van der Waals surface area contributed by atoms with Crippen molar-refractivity contribution in [1.29, 1.82) is 0 Å². The van der Waals surface area contributed by atoms with E-state index in [0.717, 1.165) is 18.4 Å². The van der Waals surface area contributed by atoms with Crippen LogP contribution in [0.4, 0.5) is 18.9 Å². The quantitative estimate of drug-likeness (QED) is 0.846. The van der Waals surface area contributed by atoms with Gasteiger partial charge in [0, 0.05) is 10.2 Å². The third kappa shape index (κ3) is 3.78. The second-order valence-corrected chi connectivity index (χ2v) is 5.01. The Kier molecular flexibility index (Phi) is 4.26. The number of rotatable bonds is 4. The predicted molar refractivity (Wildman–Crippen MR) is 72.1 cm³/mol. The largest absolute Gasteiger partial charge is 0.478 e. The highest BCUT2D eigenvalue weighted by molar-refractivity contribution is 9.10. The maximum Gasteiger partial charge on any atom is 0.416 e. The summed E-state index contributed by atoms with van der Waals surface area (Å²) in [4.78, 5) is 10.7. The third-order valence-corrected chi connectivity index (χ3v) is 3.34. The van der Waals surface area contributed by atoms with Gasteiger partial charge in [-0.15, -0.1) is 0 Å². The molecule has 8 heteroatoms. The van der Waals surface area contributed by atoms with Crippen LogP contribution in [0.15, 0.2) is 39.4 Å². The molecule has 0 atom stereocenters. The highest BCUT2D eigenvalue weighted by Gasteiger charge is 2.30. The first-order valence-corrected chi connectivity index (χ1v) is 6.48. The molecular weight excluding hydrogens is 355 g/mol. The summed E-state index contributed by atoms with van der Waals surface area (Å²) in [5.41, 5.74) is -0.563. The van der Waals surface area contributed by atoms with Gasteiger partial charge < -0.3 is 14.8 Å². The zero-order chi connectivity index (χ0) is 15.6. The van der Waals surface area contributed by atoms with Crippen LogP contribution in [0, 0.1) is 0 Å². The van der Waals surface area contributed by atoms with Gasteiger partial charge in [0.25, 0.3) is 0 Å². The van der Waals surface area contributed by atoms with E-state index in [4.69, 9.17) is 9.52 Å². The predicted octanol–water partition coefficient (Wildman–Crippen LogP) is 4.37. The summed E-state index contributed by atoms with van der Waals surface area (Å²) in [7, 11) is 0. The van der Waals surface area contributed by atoms with Crippen LogP contribution < -0.4 is 5.32 Å². The molecule has 4 nitrogen and oxygen atoms in total. The summed E-state index contributed by atoms with van der Waals surface area (Å²) in [6.45, 7) is 0.0627. The average molecular weight is 364 g/mol. The van der Waals surface area contributed by atoms with Gasteiger partial charge in [-0.25, -0.2) is 4.79 Å². The monoisotopic (exact) mass is 363 g/mol. The number of halogens is 4. The highest BCUT2D eigenvalue weighted by Crippen LogP contribution is 2.34. The minimum atomic E-state index is -4.43. The fraction of sp³-hybridized carbons (Fsp3) is 0.154. The molecule has 0 aliphatic rings. The van der Waals surface area contributed by atoms with Gasteiger partial charge in [0.05, 0.1) is 17.7 Å². The SMILES string of the molecule is O=C(O)c1coc(CNc2cc(C(F)(F)F)ccc2Br)c1. The van der Waals surface area contributed by atoms with Gasteiger partial charge >= 0.3 is 12.1 Å². The first-order valence-electron chi connectivity index (χ1n) is 5.68. The lowest BCUT2D eigenvalue weighted by Gasteiger charge is -2.11. The van der Waals surface area contributed by atoms with Crippen LogP contribution in [0.1, 0.15) is 21.7 Å². The summed E-state index contributed by atoms with van der Waals surface area (Å²) >= 11 is 3.14. The molecule has 2 rings (SSSR count). The summed E-state index contributed by atoms with van der Waals surface area (Å²) in [5.74, 6) is -0.832. The van der Waals surface area contributed by atoms with E-state index < -0.39 is 17.7 Å². The minimum Gasteiger partial charge on any atom is -0.478 e. The van der Waals surface area contributed by atoms with Crippen LogP contribution in [-0.4, -0.2) is 11.1 Å². The fourth-order valence-electron chi connectivity index (χ4n) is 1.60. The number of hydrogen-bond acceptors (Lipinski definition) is 3. The van der Waals surface area contributed by atoms with Gasteiger partial charge in [-0.2, -0.15) is 13.2 Å². The molecule has 21 heavy (non-hydrogen) atoms. The molecule has 0 saturated carbocycles. The molecule has 0 fully saturated rings. The van der Waals surface area contributed by atoms with Crippen molar-refractivity contribution in [3.05, 3.63) is 51.9 Å². The Labute approximate surface area is 125 Å². The molecule has 0 amide bonds. The van der Waals surface area contributed by atoms with Crippen LogP contribution in [0.5, 0.6) is 0 Å². The minimum absolute atomic E-state index is 0.0186. The lowest BCUT2D eigenvalue weighted by Crippen LogP contribution is -2.07. The number of hydrogen-bond donors (Lipinski definition) is 2. The van der Waals surface area contributed by atoms with E-state index >= 15 is 0 Å². The molecule has 1 aromatic heterocycles. The number of anilines is 1. The van der Waals surface area contributed by atoms with Crippen LogP contribution in [0.2, 0.25) is 0 Å². The van der Waals surface area contributed by atoms with E-state index in [1.165, 1.54) is 12.1 Å². The lowest BCUT2D eigenvalue weighted by atomic mass is 10.2. The van der Waals surface area contributed by atoms with Crippen LogP contribution in [-0.2, 0) is 12.7 Å². The second kappa shape index (κ2) is 5.80. The molecule has 0 radical (unpaired) electrons. The molecular formula is C13H9BrF3NO3. The van der Waals surface area contributed by atoms with E-state index in [1.54, 1.807) is 0 Å². The van der Waals surface area contributed by atoms with E-state index in [0.29, 0.717) is 10.2 Å². The molecule has 2 N–H and O–H groups in total. The number of carboxylic acid groups (broad SMARTS) is 1. The molecule has 0 unspecified atom stereocenters. The molecule has 112 valence electrons. The molecule has 1 heterocycles. The molecule has 2 aromatic rings. The Morgan fingerprint density at radius 2 is 2.05 bits per heavy atom. The summed E-state index contributed by atoms with van der Waals surface area (Å²) in [6.07, 6.45) is -3.36. The van der Waals surface area contributed by atoms with Crippen LogP contribution in [0.3, 0.4) is 0 Å². The van der Waals surface area contributed by atoms with Gasteiger partial charge in [0.1, 0.15) is 12.0 Å². The van der Waals surface area contributed by atoms with Gasteiger partial charge in [-0.3, -0.25) is 0 Å². The number of aromatic carboxylic acids is 1. The molecule has 0 bridgehead atoms. The average Bonchev–Trinajstić information content (AvgIpc) is 2.85. The summed E-state index contributed by atoms with van der Waals surface area (Å²) < 4.78 is 43.3. The number of nitrogens with one attached hydrogen (secondary N) is 1. The first kappa shape index (κ1) is 15.4. The zero-order valence-corrected chi connectivity index (χ0v) is 12.0. The number of furan rings is 1. The number of carboxylic acids is 1. The van der Waals surface area contributed by atoms with Gasteiger partial charge in [-0.1, -0.05) is 0 Å². The number of carbonyl (C=O) groups is 1. The Hall–Kier alpha value is -1.96. The van der Waals surface area contributed by atoms with Gasteiger partial charge in [0.2, 0.25) is 0 Å². The zero-order valence-electron chi connectivity index (χ0n) is 10.4. The topological polar surface area (TPSA) is 62.5 Å². The van der Waals surface area contributed by atoms with Crippen molar-refractivity contribution in [3.63, 3.8) is 0 Å². The normalized spacial score (nSPS) is 11.4. The summed E-state index contributed by atoms with van der Waals surface area (Å²) in [5, 5.41) is 11.5. The van der Waals surface area contributed by atoms with E-state index in [9.17, 15) is 18.0 Å². The van der Waals surface area contributed by atoms with Crippen molar-refractivity contribution in [2.75, 3.05) is 5.32 Å². The standard InChI is InChI=1S/C13H9BrF3NO3/c14-10-2-1-8(13(15,16)17)4-11(10)18-5-9-3-7(6-21-9)12(19)20/h1-4,6,18H,5H2,(H,19,20). The van der Waals surface area contributed by atoms with Crippen LogP contribution in [0.25, 0.3) is 0 Å². The molecule has 1 aromatic carbocycles. The summed E-state index contributed by atoms with van der Waals surface area (Å²) in [6, 6.07) is 4.52. The van der Waals surface area contributed by atoms with Crippen LogP contribution >= 0.6 is 15.9 Å². The molecule has 0 spiro atoms. The fourth-order valence-corrected chi connectivity index (χ4v) is 1.99. The van der Waals surface area contributed by atoms with Crippen molar-refractivity contribution in [3.8, 4) is 0 Å². The Bertz CT molecular complexity index is 667. The van der Waals surface area contributed by atoms with Crippen molar-refractivity contribution in [2.24, 2.45) is 0 Å². The Morgan fingerprint density at radius 3 is 2.62 bits per heavy atom. The van der Waals surface area contributed by atoms with Crippen molar-refractivity contribution >= 4 is 27.6 Å². The number of benzene rings is 1. The molecule has 0 aliphatic carbocycles. The number of alkyl halides is 3. The van der Waals surface area contributed by atoms with Gasteiger partial charge in [-0.05, 0) is 40.2 Å². The van der Waals surface area contributed by atoms with E-state index in [-0.39, 0.29) is 17.8 Å². The van der Waals surface area contributed by atoms with Crippen molar-refractivity contribution < 1.29 is 27.5 Å². The third-order valence-electron chi connectivity index (χ3n) is 2.65. The lowest BCUT2D eigenvalue weighted by molar-refractivity contribution is -0.137. The second-order valence-electron chi connectivity index (χ2n) is 4.15. The smallest absolute Gasteiger partial charge is 0.416 e. The van der Waals surface area contributed by atoms with Crippen molar-refractivity contribution in [1.82, 2.24) is 0 Å². The van der Waals surface area contributed by atoms with Gasteiger partial charge in [0.15, 0.2) is 0 Å². The molecule has 0 aliphatic heterocycles. The highest BCUT2D eigenvalue weighted by atomic mass is 79.9. The van der Waals surface area contributed by atoms with E-state index in [1.807, 2.05) is 0 Å². The van der Waals surface area contributed by atoms with Crippen molar-refractivity contribution in [2.45, 2.75) is 12.7 Å². The maximum absolute atomic E-state index is 12.6. The Balaban J connectivity index is 2.13. The Morgan fingerprint density at radius 1 is 1.33 bits per heavy atom. The molecule has 0 saturated heterocycles. The van der Waals surface area contributed by atoms with E-state index in [2.05, 4.69) is 21.2 Å². The first-order chi connectivity index (χ1) is 9.77. The maximum atomic E-state index is 12.6.